The molecule has 0 amide bonds. The third-order valence-electron chi connectivity index (χ3n) is 14.1. The maximum absolute atomic E-state index is 12.9. The molecule has 0 saturated heterocycles. The molecule has 0 aliphatic rings. The predicted octanol–water partition coefficient (Wildman–Crippen LogP) is 21.2. The molecule has 0 aromatic heterocycles. The quantitative estimate of drug-likeness (QED) is 0.0261. The fourth-order valence-corrected chi connectivity index (χ4v) is 9.34. The number of ether oxygens (including phenoxy) is 3. The Morgan fingerprint density at radius 3 is 0.859 bits per heavy atom. The van der Waals surface area contributed by atoms with Crippen molar-refractivity contribution >= 4 is 17.9 Å². The van der Waals surface area contributed by atoms with E-state index in [4.69, 9.17) is 14.2 Å². The van der Waals surface area contributed by atoms with Crippen LogP contribution in [0.4, 0.5) is 0 Å². The minimum Gasteiger partial charge on any atom is -0.462 e. The first kappa shape index (κ1) is 68.6. The maximum atomic E-state index is 12.9. The number of unbranched alkanes of at least 4 members (excludes halogenated alkanes) is 41. The van der Waals surface area contributed by atoms with Crippen LogP contribution in [-0.4, -0.2) is 37.2 Å². The average molecular weight is 998 g/mol. The lowest BCUT2D eigenvalue weighted by Gasteiger charge is -2.18. The molecule has 0 rings (SSSR count). The lowest BCUT2D eigenvalue weighted by molar-refractivity contribution is -0.167. The van der Waals surface area contributed by atoms with Gasteiger partial charge in [-0.2, -0.15) is 0 Å². The first-order chi connectivity index (χ1) is 35.0. The highest BCUT2D eigenvalue weighted by Gasteiger charge is 2.19. The van der Waals surface area contributed by atoms with E-state index in [0.717, 1.165) is 70.6 Å². The van der Waals surface area contributed by atoms with Crippen molar-refractivity contribution in [3.63, 3.8) is 0 Å². The predicted molar refractivity (Wildman–Crippen MR) is 307 cm³/mol. The number of hydrogen-bond donors (Lipinski definition) is 0. The monoisotopic (exact) mass is 997 g/mol. The zero-order chi connectivity index (χ0) is 51.4. The largest absolute Gasteiger partial charge is 0.462 e. The molecule has 0 fully saturated rings. The summed E-state index contributed by atoms with van der Waals surface area (Å²) in [7, 11) is 0. The molecule has 6 nitrogen and oxygen atoms in total. The van der Waals surface area contributed by atoms with Crippen LogP contribution < -0.4 is 0 Å². The first-order valence-electron chi connectivity index (χ1n) is 31.5. The summed E-state index contributed by atoms with van der Waals surface area (Å²) in [6, 6.07) is 0. The third-order valence-corrected chi connectivity index (χ3v) is 14.1. The van der Waals surface area contributed by atoms with Gasteiger partial charge in [0.05, 0.1) is 0 Å². The number of allylic oxidation sites excluding steroid dienone is 6. The van der Waals surface area contributed by atoms with Crippen molar-refractivity contribution < 1.29 is 28.6 Å². The van der Waals surface area contributed by atoms with E-state index in [1.54, 1.807) is 0 Å². The highest BCUT2D eigenvalue weighted by atomic mass is 16.6. The van der Waals surface area contributed by atoms with Crippen LogP contribution in [0, 0.1) is 0 Å². The molecule has 1 atom stereocenters. The molecule has 0 aromatic rings. The van der Waals surface area contributed by atoms with Crippen molar-refractivity contribution in [3.05, 3.63) is 36.5 Å². The molecule has 0 aliphatic heterocycles. The van der Waals surface area contributed by atoms with E-state index in [0.29, 0.717) is 19.3 Å². The van der Waals surface area contributed by atoms with Gasteiger partial charge in [-0.15, -0.1) is 0 Å². The van der Waals surface area contributed by atoms with Crippen molar-refractivity contribution in [2.45, 2.75) is 348 Å². The van der Waals surface area contributed by atoms with Crippen LogP contribution in [0.25, 0.3) is 0 Å². The van der Waals surface area contributed by atoms with Gasteiger partial charge in [-0.3, -0.25) is 14.4 Å². The number of hydrogen-bond acceptors (Lipinski definition) is 6. The normalized spacial score (nSPS) is 12.2. The van der Waals surface area contributed by atoms with E-state index < -0.39 is 6.10 Å². The van der Waals surface area contributed by atoms with Gasteiger partial charge < -0.3 is 14.2 Å². The summed E-state index contributed by atoms with van der Waals surface area (Å²) in [4.78, 5) is 38.2. The van der Waals surface area contributed by atoms with Gasteiger partial charge in [-0.1, -0.05) is 288 Å². The SMILES string of the molecule is CCCC/C=C\CCCCCCCC(=O)OCC(COC(=O)CCCCCCCCCCCCCCCCCCCCCCCCC)OC(=O)CCCCCCCCCCC/C=C\C/C=C\CCCCC. The van der Waals surface area contributed by atoms with Crippen LogP contribution in [-0.2, 0) is 28.6 Å². The molecule has 0 heterocycles. The van der Waals surface area contributed by atoms with Gasteiger partial charge in [-0.05, 0) is 70.6 Å². The Labute approximate surface area is 442 Å². The summed E-state index contributed by atoms with van der Waals surface area (Å²) < 4.78 is 16.9. The Hall–Kier alpha value is -2.37. The number of rotatable bonds is 58. The molecule has 0 aromatic carbocycles. The van der Waals surface area contributed by atoms with Gasteiger partial charge in [0.2, 0.25) is 0 Å². The summed E-state index contributed by atoms with van der Waals surface area (Å²) in [6.45, 7) is 6.62. The molecule has 71 heavy (non-hydrogen) atoms. The Morgan fingerprint density at radius 2 is 0.521 bits per heavy atom. The highest BCUT2D eigenvalue weighted by Crippen LogP contribution is 2.17. The van der Waals surface area contributed by atoms with Crippen LogP contribution in [0.5, 0.6) is 0 Å². The molecule has 0 saturated carbocycles. The number of carbonyl (C=O) groups excluding carboxylic acids is 3. The highest BCUT2D eigenvalue weighted by molar-refractivity contribution is 5.71. The van der Waals surface area contributed by atoms with E-state index >= 15 is 0 Å². The van der Waals surface area contributed by atoms with Gasteiger partial charge in [0.1, 0.15) is 13.2 Å². The fraction of sp³-hybridized carbons (Fsp3) is 0.862. The van der Waals surface area contributed by atoms with Crippen LogP contribution in [0.3, 0.4) is 0 Å². The average Bonchev–Trinajstić information content (AvgIpc) is 3.37. The zero-order valence-electron chi connectivity index (χ0n) is 47.8. The van der Waals surface area contributed by atoms with Crippen molar-refractivity contribution in [2.75, 3.05) is 13.2 Å². The molecule has 0 bridgehead atoms. The Bertz CT molecular complexity index is 1190. The number of carbonyl (C=O) groups is 3. The molecule has 6 heteroatoms. The number of esters is 3. The van der Waals surface area contributed by atoms with Crippen LogP contribution in [0.15, 0.2) is 36.5 Å². The minimum atomic E-state index is -0.775. The Kier molecular flexibility index (Phi) is 58.2. The van der Waals surface area contributed by atoms with Crippen LogP contribution >= 0.6 is 0 Å². The van der Waals surface area contributed by atoms with Gasteiger partial charge >= 0.3 is 17.9 Å². The van der Waals surface area contributed by atoms with E-state index in [2.05, 4.69) is 57.2 Å². The topological polar surface area (TPSA) is 78.9 Å². The van der Waals surface area contributed by atoms with Crippen molar-refractivity contribution in [1.29, 1.82) is 0 Å². The lowest BCUT2D eigenvalue weighted by atomic mass is 10.0. The standard InChI is InChI=1S/C65H120O6/c1-4-7-10-13-16-19-22-24-26-28-30-31-32-33-35-36-38-40-43-46-49-52-55-58-64(67)70-61-62(60-69-63(66)57-54-51-48-45-42-21-18-15-12-9-6-3)71-65(68)59-56-53-50-47-44-41-39-37-34-29-27-25-23-20-17-14-11-8-5-2/h15,17-18,20,25,27,62H,4-14,16,19,21-24,26,28-61H2,1-3H3/b18-15-,20-17-,27-25-. The molecule has 1 unspecified atom stereocenters. The van der Waals surface area contributed by atoms with E-state index in [1.165, 1.54) is 231 Å². The minimum absolute atomic E-state index is 0.0725. The summed E-state index contributed by atoms with van der Waals surface area (Å²) in [6.07, 6.45) is 73.0. The molecular weight excluding hydrogens is 877 g/mol. The second-order valence-electron chi connectivity index (χ2n) is 21.3. The lowest BCUT2D eigenvalue weighted by Crippen LogP contribution is -2.30. The Balaban J connectivity index is 4.23. The molecular formula is C65H120O6. The fourth-order valence-electron chi connectivity index (χ4n) is 9.34. The molecule has 0 radical (unpaired) electrons. The second kappa shape index (κ2) is 60.2. The van der Waals surface area contributed by atoms with E-state index in [9.17, 15) is 14.4 Å². The van der Waals surface area contributed by atoms with Crippen molar-refractivity contribution in [1.82, 2.24) is 0 Å². The van der Waals surface area contributed by atoms with Gasteiger partial charge in [-0.25, -0.2) is 0 Å². The second-order valence-corrected chi connectivity index (χ2v) is 21.3. The van der Waals surface area contributed by atoms with Crippen LogP contribution in [0.1, 0.15) is 342 Å². The van der Waals surface area contributed by atoms with Crippen LogP contribution in [0.2, 0.25) is 0 Å². The third kappa shape index (κ3) is 58.4. The summed E-state index contributed by atoms with van der Waals surface area (Å²) >= 11 is 0. The van der Waals surface area contributed by atoms with Crippen molar-refractivity contribution in [3.8, 4) is 0 Å². The van der Waals surface area contributed by atoms with Gasteiger partial charge in [0, 0.05) is 19.3 Å². The Morgan fingerprint density at radius 1 is 0.282 bits per heavy atom. The molecule has 416 valence electrons. The molecule has 0 spiro atoms. The summed E-state index contributed by atoms with van der Waals surface area (Å²) in [5, 5.41) is 0. The van der Waals surface area contributed by atoms with E-state index in [1.807, 2.05) is 0 Å². The summed E-state index contributed by atoms with van der Waals surface area (Å²) in [5.41, 5.74) is 0. The smallest absolute Gasteiger partial charge is 0.306 e. The summed E-state index contributed by atoms with van der Waals surface area (Å²) in [5.74, 6) is -0.866. The maximum Gasteiger partial charge on any atom is 0.306 e. The van der Waals surface area contributed by atoms with Crippen molar-refractivity contribution in [2.24, 2.45) is 0 Å². The van der Waals surface area contributed by atoms with Gasteiger partial charge in [0.25, 0.3) is 0 Å². The van der Waals surface area contributed by atoms with E-state index in [-0.39, 0.29) is 31.1 Å². The first-order valence-corrected chi connectivity index (χ1v) is 31.5. The zero-order valence-corrected chi connectivity index (χ0v) is 47.8. The molecule has 0 N–H and O–H groups in total. The van der Waals surface area contributed by atoms with Gasteiger partial charge in [0.15, 0.2) is 6.10 Å². The molecule has 0 aliphatic carbocycles.